The van der Waals surface area contributed by atoms with Crippen LogP contribution in [0.4, 0.5) is 0 Å². The minimum Gasteiger partial charge on any atom is -0.504 e. The minimum atomic E-state index is -1.28. The highest BCUT2D eigenvalue weighted by molar-refractivity contribution is 6.79. The molecule has 0 aromatic heterocycles. The summed E-state index contributed by atoms with van der Waals surface area (Å²) in [6, 6.07) is 9.93. The van der Waals surface area contributed by atoms with Gasteiger partial charge < -0.3 is 10.2 Å². The van der Waals surface area contributed by atoms with Crippen molar-refractivity contribution in [1.82, 2.24) is 0 Å². The van der Waals surface area contributed by atoms with Crippen LogP contribution >= 0.6 is 0 Å². The fourth-order valence-electron chi connectivity index (χ4n) is 2.25. The van der Waals surface area contributed by atoms with Crippen molar-refractivity contribution in [2.75, 3.05) is 0 Å². The molecule has 90 valence electrons. The Balaban J connectivity index is 2.98. The Kier molecular flexibility index (Phi) is 4.41. The zero-order valence-corrected chi connectivity index (χ0v) is 11.5. The van der Waals surface area contributed by atoms with Crippen LogP contribution in [0.2, 0.25) is 18.1 Å². The Morgan fingerprint density at radius 2 is 1.56 bits per heavy atom. The van der Waals surface area contributed by atoms with Crippen LogP contribution in [0.15, 0.2) is 18.2 Å². The van der Waals surface area contributed by atoms with E-state index < -0.39 is 8.07 Å². The number of phenols is 2. The molecule has 16 heavy (non-hydrogen) atoms. The number of rotatable bonds is 5. The standard InChI is InChI=1S/C13H22O2Si/c1-4-16(5-2,6-3)10-11-8-7-9-12(14)13(11)15/h7-9,14-15H,4-6,10H2,1-3H3. The molecule has 0 aliphatic heterocycles. The molecule has 0 unspecified atom stereocenters. The molecule has 2 N–H and O–H groups in total. The number of phenolic OH excluding ortho intramolecular Hbond substituents is 2. The van der Waals surface area contributed by atoms with Gasteiger partial charge in [-0.15, -0.1) is 0 Å². The first-order chi connectivity index (χ1) is 7.58. The summed E-state index contributed by atoms with van der Waals surface area (Å²) in [6.45, 7) is 6.75. The predicted molar refractivity (Wildman–Crippen MR) is 70.7 cm³/mol. The lowest BCUT2D eigenvalue weighted by atomic mass is 10.2. The van der Waals surface area contributed by atoms with Crippen molar-refractivity contribution in [2.45, 2.75) is 44.9 Å². The topological polar surface area (TPSA) is 40.5 Å². The summed E-state index contributed by atoms with van der Waals surface area (Å²) in [5, 5.41) is 19.3. The van der Waals surface area contributed by atoms with Gasteiger partial charge in [-0.2, -0.15) is 0 Å². The lowest BCUT2D eigenvalue weighted by Gasteiger charge is -2.28. The molecule has 1 rings (SSSR count). The number of hydrogen-bond acceptors (Lipinski definition) is 2. The molecule has 0 radical (unpaired) electrons. The van der Waals surface area contributed by atoms with Crippen molar-refractivity contribution < 1.29 is 10.2 Å². The fourth-order valence-corrected chi connectivity index (χ4v) is 5.59. The quantitative estimate of drug-likeness (QED) is 0.607. The second-order valence-corrected chi connectivity index (χ2v) is 10.00. The van der Waals surface area contributed by atoms with Gasteiger partial charge in [0.25, 0.3) is 0 Å². The molecule has 2 nitrogen and oxygen atoms in total. The summed E-state index contributed by atoms with van der Waals surface area (Å²) in [6.07, 6.45) is 0. The summed E-state index contributed by atoms with van der Waals surface area (Å²) >= 11 is 0. The van der Waals surface area contributed by atoms with Gasteiger partial charge >= 0.3 is 0 Å². The van der Waals surface area contributed by atoms with Crippen LogP contribution in [0.3, 0.4) is 0 Å². The average Bonchev–Trinajstić information content (AvgIpc) is 2.32. The fraction of sp³-hybridized carbons (Fsp3) is 0.538. The monoisotopic (exact) mass is 238 g/mol. The molecule has 0 atom stereocenters. The van der Waals surface area contributed by atoms with E-state index in [-0.39, 0.29) is 11.5 Å². The Labute approximate surface area is 99.0 Å². The van der Waals surface area contributed by atoms with Crippen molar-refractivity contribution in [2.24, 2.45) is 0 Å². The van der Waals surface area contributed by atoms with Crippen LogP contribution in [0.5, 0.6) is 11.5 Å². The lowest BCUT2D eigenvalue weighted by Crippen LogP contribution is -2.34. The summed E-state index contributed by atoms with van der Waals surface area (Å²) in [5.74, 6) is 0.0819. The van der Waals surface area contributed by atoms with Gasteiger partial charge in [0, 0.05) is 0 Å². The van der Waals surface area contributed by atoms with Crippen molar-refractivity contribution in [3.63, 3.8) is 0 Å². The van der Waals surface area contributed by atoms with E-state index in [0.29, 0.717) is 0 Å². The minimum absolute atomic E-state index is 0.00343. The van der Waals surface area contributed by atoms with E-state index in [9.17, 15) is 10.2 Å². The van der Waals surface area contributed by atoms with Crippen molar-refractivity contribution in [1.29, 1.82) is 0 Å². The maximum Gasteiger partial charge on any atom is 0.160 e. The third-order valence-corrected chi connectivity index (χ3v) is 9.54. The number of benzene rings is 1. The molecule has 0 bridgehead atoms. The van der Waals surface area contributed by atoms with Gasteiger partial charge in [-0.1, -0.05) is 51.0 Å². The zero-order chi connectivity index (χ0) is 12.2. The molecule has 0 spiro atoms. The average molecular weight is 238 g/mol. The molecule has 1 aromatic rings. The highest BCUT2D eigenvalue weighted by Gasteiger charge is 2.28. The smallest absolute Gasteiger partial charge is 0.160 e. The van der Waals surface area contributed by atoms with Crippen LogP contribution in [0.25, 0.3) is 0 Å². The molecule has 0 amide bonds. The van der Waals surface area contributed by atoms with Crippen molar-refractivity contribution >= 4 is 8.07 Å². The molecular weight excluding hydrogens is 216 g/mol. The number of aromatic hydroxyl groups is 2. The van der Waals surface area contributed by atoms with Crippen molar-refractivity contribution in [3.05, 3.63) is 23.8 Å². The molecular formula is C13H22O2Si. The van der Waals surface area contributed by atoms with E-state index in [0.717, 1.165) is 11.6 Å². The van der Waals surface area contributed by atoms with Gasteiger partial charge in [0.05, 0.1) is 8.07 Å². The Bertz CT molecular complexity index is 338. The summed E-state index contributed by atoms with van der Waals surface area (Å²) in [7, 11) is -1.28. The van der Waals surface area contributed by atoms with Gasteiger partial charge in [0.15, 0.2) is 11.5 Å². The van der Waals surface area contributed by atoms with E-state index in [2.05, 4.69) is 20.8 Å². The third kappa shape index (κ3) is 2.58. The molecule has 0 heterocycles. The van der Waals surface area contributed by atoms with Gasteiger partial charge in [0.2, 0.25) is 0 Å². The largest absolute Gasteiger partial charge is 0.504 e. The summed E-state index contributed by atoms with van der Waals surface area (Å²) in [5.41, 5.74) is 0.914. The predicted octanol–water partition coefficient (Wildman–Crippen LogP) is 3.69. The second kappa shape index (κ2) is 5.39. The first-order valence-electron chi connectivity index (χ1n) is 6.08. The first-order valence-corrected chi connectivity index (χ1v) is 8.91. The highest BCUT2D eigenvalue weighted by Crippen LogP contribution is 2.33. The van der Waals surface area contributed by atoms with Crippen LogP contribution < -0.4 is 0 Å². The van der Waals surface area contributed by atoms with E-state index in [1.165, 1.54) is 24.2 Å². The van der Waals surface area contributed by atoms with E-state index in [1.807, 2.05) is 12.1 Å². The SMILES string of the molecule is CC[Si](CC)(CC)Cc1cccc(O)c1O. The molecule has 0 saturated carbocycles. The van der Waals surface area contributed by atoms with Crippen LogP contribution in [0, 0.1) is 0 Å². The summed E-state index contributed by atoms with van der Waals surface area (Å²) in [4.78, 5) is 0. The number of para-hydroxylation sites is 1. The first kappa shape index (κ1) is 13.1. The molecule has 0 aliphatic carbocycles. The van der Waals surface area contributed by atoms with Gasteiger partial charge in [-0.05, 0) is 17.7 Å². The van der Waals surface area contributed by atoms with Gasteiger partial charge in [-0.3, -0.25) is 0 Å². The van der Waals surface area contributed by atoms with Gasteiger partial charge in [0.1, 0.15) is 0 Å². The van der Waals surface area contributed by atoms with Crippen LogP contribution in [0.1, 0.15) is 26.3 Å². The zero-order valence-electron chi connectivity index (χ0n) is 10.5. The Morgan fingerprint density at radius 3 is 2.06 bits per heavy atom. The second-order valence-electron chi connectivity index (χ2n) is 4.52. The molecule has 1 aromatic carbocycles. The molecule has 0 aliphatic rings. The van der Waals surface area contributed by atoms with Gasteiger partial charge in [-0.25, -0.2) is 0 Å². The Hall–Kier alpha value is -0.963. The molecule has 0 saturated heterocycles. The maximum atomic E-state index is 9.82. The normalized spacial score (nSPS) is 11.7. The maximum absolute atomic E-state index is 9.82. The highest BCUT2D eigenvalue weighted by atomic mass is 28.3. The van der Waals surface area contributed by atoms with E-state index in [4.69, 9.17) is 0 Å². The lowest BCUT2D eigenvalue weighted by molar-refractivity contribution is 0.400. The number of hydrogen-bond donors (Lipinski definition) is 2. The third-order valence-electron chi connectivity index (χ3n) is 3.91. The molecule has 0 fully saturated rings. The van der Waals surface area contributed by atoms with Crippen LogP contribution in [-0.4, -0.2) is 18.3 Å². The van der Waals surface area contributed by atoms with Crippen LogP contribution in [-0.2, 0) is 6.04 Å². The van der Waals surface area contributed by atoms with Crippen molar-refractivity contribution in [3.8, 4) is 11.5 Å². The molecule has 3 heteroatoms. The van der Waals surface area contributed by atoms with E-state index >= 15 is 0 Å². The Morgan fingerprint density at radius 1 is 1.00 bits per heavy atom. The summed E-state index contributed by atoms with van der Waals surface area (Å²) < 4.78 is 0. The van der Waals surface area contributed by atoms with E-state index in [1.54, 1.807) is 0 Å².